The van der Waals surface area contributed by atoms with E-state index in [9.17, 15) is 8.42 Å². The molecule has 90 valence electrons. The van der Waals surface area contributed by atoms with E-state index in [0.717, 1.165) is 0 Å². The van der Waals surface area contributed by atoms with Crippen LogP contribution in [0.3, 0.4) is 0 Å². The van der Waals surface area contributed by atoms with Crippen molar-refractivity contribution in [1.82, 2.24) is 9.62 Å². The van der Waals surface area contributed by atoms with Crippen LogP contribution in [0, 0.1) is 5.92 Å². The monoisotopic (exact) mass is 234 g/mol. The summed E-state index contributed by atoms with van der Waals surface area (Å²) in [5.41, 5.74) is -0.127. The fourth-order valence-corrected chi connectivity index (χ4v) is 3.49. The van der Waals surface area contributed by atoms with Gasteiger partial charge in [0.1, 0.15) is 0 Å². The molecule has 1 rings (SSSR count). The van der Waals surface area contributed by atoms with Gasteiger partial charge >= 0.3 is 0 Å². The van der Waals surface area contributed by atoms with E-state index in [4.69, 9.17) is 0 Å². The van der Waals surface area contributed by atoms with E-state index < -0.39 is 10.0 Å². The summed E-state index contributed by atoms with van der Waals surface area (Å²) in [4.78, 5) is 0. The molecule has 1 saturated heterocycles. The minimum atomic E-state index is -3.06. The summed E-state index contributed by atoms with van der Waals surface area (Å²) in [5, 5.41) is 3.26. The van der Waals surface area contributed by atoms with Gasteiger partial charge < -0.3 is 5.32 Å². The third-order valence-corrected chi connectivity index (χ3v) is 4.28. The molecule has 0 spiro atoms. The molecular formula is C10H22N2O2S. The van der Waals surface area contributed by atoms with Crippen LogP contribution >= 0.6 is 0 Å². The fraction of sp³-hybridized carbons (Fsp3) is 1.00. The smallest absolute Gasteiger partial charge is 0.215 e. The van der Waals surface area contributed by atoms with E-state index in [-0.39, 0.29) is 11.3 Å². The summed E-state index contributed by atoms with van der Waals surface area (Å²) in [6.45, 7) is 9.90. The zero-order valence-corrected chi connectivity index (χ0v) is 10.9. The second-order valence-corrected chi connectivity index (χ2v) is 7.40. The largest absolute Gasteiger partial charge is 0.309 e. The molecule has 1 heterocycles. The second kappa shape index (κ2) is 4.39. The van der Waals surface area contributed by atoms with Gasteiger partial charge in [-0.2, -0.15) is 4.31 Å². The molecule has 1 fully saturated rings. The molecule has 1 aliphatic rings. The maximum Gasteiger partial charge on any atom is 0.215 e. The summed E-state index contributed by atoms with van der Waals surface area (Å²) in [7, 11) is -3.06. The van der Waals surface area contributed by atoms with Crippen molar-refractivity contribution in [3.63, 3.8) is 0 Å². The Hall–Kier alpha value is -0.130. The molecule has 0 aromatic heterocycles. The predicted molar refractivity (Wildman–Crippen MR) is 62.3 cm³/mol. The summed E-state index contributed by atoms with van der Waals surface area (Å²) >= 11 is 0. The highest BCUT2D eigenvalue weighted by molar-refractivity contribution is 7.89. The first-order valence-electron chi connectivity index (χ1n) is 5.46. The Kier molecular flexibility index (Phi) is 3.79. The maximum atomic E-state index is 11.9. The van der Waals surface area contributed by atoms with E-state index >= 15 is 0 Å². The molecule has 1 N–H and O–H groups in total. The molecule has 0 atom stereocenters. The zero-order valence-electron chi connectivity index (χ0n) is 10.1. The van der Waals surface area contributed by atoms with E-state index in [1.165, 1.54) is 0 Å². The molecule has 4 nitrogen and oxygen atoms in total. The Morgan fingerprint density at radius 2 is 2.00 bits per heavy atom. The molecule has 1 aliphatic heterocycles. The SMILES string of the molecule is CC(C)CN1CC(C)(C)NCCS1(=O)=O. The predicted octanol–water partition coefficient (Wildman–Crippen LogP) is 0.656. The Labute approximate surface area is 93.1 Å². The van der Waals surface area contributed by atoms with Crippen molar-refractivity contribution in [1.29, 1.82) is 0 Å². The first kappa shape index (κ1) is 12.9. The molecule has 0 saturated carbocycles. The van der Waals surface area contributed by atoms with Crippen molar-refractivity contribution in [3.8, 4) is 0 Å². The zero-order chi connectivity index (χ0) is 11.7. The number of hydrogen-bond donors (Lipinski definition) is 1. The molecule has 0 bridgehead atoms. The second-order valence-electron chi connectivity index (χ2n) is 5.31. The van der Waals surface area contributed by atoms with Gasteiger partial charge in [0.25, 0.3) is 0 Å². The third kappa shape index (κ3) is 3.74. The van der Waals surface area contributed by atoms with Crippen LogP contribution in [0.1, 0.15) is 27.7 Å². The Morgan fingerprint density at radius 1 is 1.40 bits per heavy atom. The highest BCUT2D eigenvalue weighted by Gasteiger charge is 2.32. The number of sulfonamides is 1. The minimum Gasteiger partial charge on any atom is -0.309 e. The standard InChI is InChI=1S/C10H22N2O2S/c1-9(2)7-12-8-10(3,4)11-5-6-15(12,13)14/h9,11H,5-8H2,1-4H3. The Bertz CT molecular complexity index is 309. The molecule has 0 radical (unpaired) electrons. The summed E-state index contributed by atoms with van der Waals surface area (Å²) < 4.78 is 25.4. The molecular weight excluding hydrogens is 212 g/mol. The van der Waals surface area contributed by atoms with Gasteiger partial charge in [-0.1, -0.05) is 13.8 Å². The van der Waals surface area contributed by atoms with Gasteiger partial charge in [-0.05, 0) is 19.8 Å². The average Bonchev–Trinajstić information content (AvgIpc) is 2.07. The minimum absolute atomic E-state index is 0.127. The first-order chi connectivity index (χ1) is 6.73. The Balaban J connectivity index is 2.85. The fourth-order valence-electron chi connectivity index (χ4n) is 1.83. The highest BCUT2D eigenvalue weighted by atomic mass is 32.2. The highest BCUT2D eigenvalue weighted by Crippen LogP contribution is 2.15. The van der Waals surface area contributed by atoms with Gasteiger partial charge in [-0.25, -0.2) is 8.42 Å². The van der Waals surface area contributed by atoms with Crippen LogP contribution in [0.2, 0.25) is 0 Å². The van der Waals surface area contributed by atoms with Gasteiger partial charge in [-0.15, -0.1) is 0 Å². The van der Waals surface area contributed by atoms with Gasteiger partial charge in [0.2, 0.25) is 10.0 Å². The molecule has 0 aromatic carbocycles. The van der Waals surface area contributed by atoms with Crippen molar-refractivity contribution >= 4 is 10.0 Å². The number of nitrogens with zero attached hydrogens (tertiary/aromatic N) is 1. The summed E-state index contributed by atoms with van der Waals surface area (Å²) in [6.07, 6.45) is 0. The van der Waals surface area contributed by atoms with E-state index in [1.54, 1.807) is 4.31 Å². The van der Waals surface area contributed by atoms with Crippen LogP contribution < -0.4 is 5.32 Å². The summed E-state index contributed by atoms with van der Waals surface area (Å²) in [5.74, 6) is 0.581. The quantitative estimate of drug-likeness (QED) is 0.763. The van der Waals surface area contributed by atoms with Crippen molar-refractivity contribution in [2.24, 2.45) is 5.92 Å². The van der Waals surface area contributed by atoms with Crippen molar-refractivity contribution in [3.05, 3.63) is 0 Å². The van der Waals surface area contributed by atoms with E-state index in [1.807, 2.05) is 27.7 Å². The molecule has 5 heteroatoms. The third-order valence-electron chi connectivity index (χ3n) is 2.50. The lowest BCUT2D eigenvalue weighted by Crippen LogP contribution is -2.47. The van der Waals surface area contributed by atoms with Gasteiger partial charge in [0.15, 0.2) is 0 Å². The normalized spacial score (nSPS) is 26.5. The van der Waals surface area contributed by atoms with Crippen molar-refractivity contribution < 1.29 is 8.42 Å². The number of nitrogens with one attached hydrogen (secondary N) is 1. The lowest BCUT2D eigenvalue weighted by molar-refractivity contribution is 0.285. The van der Waals surface area contributed by atoms with Crippen molar-refractivity contribution in [2.75, 3.05) is 25.4 Å². The molecule has 0 amide bonds. The number of rotatable bonds is 2. The first-order valence-corrected chi connectivity index (χ1v) is 7.07. The van der Waals surface area contributed by atoms with Crippen LogP contribution in [0.5, 0.6) is 0 Å². The van der Waals surface area contributed by atoms with Crippen LogP contribution in [0.25, 0.3) is 0 Å². The maximum absolute atomic E-state index is 11.9. The lowest BCUT2D eigenvalue weighted by atomic mass is 10.1. The van der Waals surface area contributed by atoms with Crippen LogP contribution in [-0.2, 0) is 10.0 Å². The van der Waals surface area contributed by atoms with Gasteiger partial charge in [0, 0.05) is 25.2 Å². The number of hydrogen-bond acceptors (Lipinski definition) is 3. The topological polar surface area (TPSA) is 49.4 Å². The Morgan fingerprint density at radius 3 is 2.53 bits per heavy atom. The van der Waals surface area contributed by atoms with Crippen molar-refractivity contribution in [2.45, 2.75) is 33.2 Å². The van der Waals surface area contributed by atoms with Gasteiger partial charge in [-0.3, -0.25) is 0 Å². The van der Waals surface area contributed by atoms with Crippen LogP contribution in [-0.4, -0.2) is 43.6 Å². The van der Waals surface area contributed by atoms with Crippen LogP contribution in [0.15, 0.2) is 0 Å². The summed E-state index contributed by atoms with van der Waals surface area (Å²) in [6, 6.07) is 0. The molecule has 0 aliphatic carbocycles. The van der Waals surface area contributed by atoms with Crippen LogP contribution in [0.4, 0.5) is 0 Å². The van der Waals surface area contributed by atoms with E-state index in [0.29, 0.717) is 25.6 Å². The molecule has 0 unspecified atom stereocenters. The molecule has 15 heavy (non-hydrogen) atoms. The molecule has 0 aromatic rings. The van der Waals surface area contributed by atoms with Gasteiger partial charge in [0.05, 0.1) is 5.75 Å². The van der Waals surface area contributed by atoms with E-state index in [2.05, 4.69) is 5.32 Å². The average molecular weight is 234 g/mol. The lowest BCUT2D eigenvalue weighted by Gasteiger charge is -2.29.